The number of unbranched alkanes of at least 4 members (excludes halogenated alkanes) is 9. The first-order chi connectivity index (χ1) is 11.8. The highest BCUT2D eigenvalue weighted by Crippen LogP contribution is 2.16. The SMILES string of the molecule is CCCCCCCCCCCC[N+](CO)(CO)Cc1ccccc1. The van der Waals surface area contributed by atoms with Crippen molar-refractivity contribution in [3.8, 4) is 0 Å². The molecule has 0 aliphatic carbocycles. The van der Waals surface area contributed by atoms with E-state index in [4.69, 9.17) is 0 Å². The lowest BCUT2D eigenvalue weighted by Crippen LogP contribution is -2.49. The van der Waals surface area contributed by atoms with Crippen molar-refractivity contribution in [1.29, 1.82) is 0 Å². The number of hydrogen-bond acceptors (Lipinski definition) is 2. The number of aliphatic hydroxyl groups is 2. The van der Waals surface area contributed by atoms with Gasteiger partial charge in [-0.15, -0.1) is 0 Å². The Morgan fingerprint density at radius 2 is 1.21 bits per heavy atom. The Balaban J connectivity index is 2.17. The number of benzene rings is 1. The second-order valence-corrected chi connectivity index (χ2v) is 7.17. The van der Waals surface area contributed by atoms with Gasteiger partial charge < -0.3 is 10.2 Å². The Morgan fingerprint density at radius 3 is 1.71 bits per heavy atom. The molecule has 0 unspecified atom stereocenters. The van der Waals surface area contributed by atoms with E-state index in [0.29, 0.717) is 11.0 Å². The molecule has 1 aromatic carbocycles. The zero-order valence-electron chi connectivity index (χ0n) is 15.6. The van der Waals surface area contributed by atoms with Gasteiger partial charge in [0.25, 0.3) is 0 Å². The molecule has 24 heavy (non-hydrogen) atoms. The smallest absolute Gasteiger partial charge is 0.182 e. The van der Waals surface area contributed by atoms with E-state index in [1.807, 2.05) is 18.2 Å². The second-order valence-electron chi connectivity index (χ2n) is 7.17. The lowest BCUT2D eigenvalue weighted by molar-refractivity contribution is -0.973. The minimum absolute atomic E-state index is 0.00280. The Morgan fingerprint density at radius 1 is 0.708 bits per heavy atom. The molecule has 0 aliphatic heterocycles. The summed E-state index contributed by atoms with van der Waals surface area (Å²) in [7, 11) is 0. The van der Waals surface area contributed by atoms with Crippen molar-refractivity contribution in [2.24, 2.45) is 0 Å². The van der Waals surface area contributed by atoms with E-state index in [1.165, 1.54) is 63.4 Å². The van der Waals surface area contributed by atoms with Crippen LogP contribution in [-0.2, 0) is 6.54 Å². The zero-order valence-corrected chi connectivity index (χ0v) is 15.6. The Hall–Kier alpha value is -0.900. The number of hydrogen-bond donors (Lipinski definition) is 2. The summed E-state index contributed by atoms with van der Waals surface area (Å²) in [6, 6.07) is 10.2. The van der Waals surface area contributed by atoms with E-state index in [9.17, 15) is 10.2 Å². The summed E-state index contributed by atoms with van der Waals surface area (Å²) in [6.07, 6.45) is 13.1. The lowest BCUT2D eigenvalue weighted by atomic mass is 10.1. The molecule has 0 saturated carbocycles. The monoisotopic (exact) mass is 336 g/mol. The van der Waals surface area contributed by atoms with E-state index < -0.39 is 0 Å². The van der Waals surface area contributed by atoms with Crippen molar-refractivity contribution in [2.75, 3.05) is 20.0 Å². The number of quaternary nitrogens is 1. The van der Waals surface area contributed by atoms with Gasteiger partial charge in [0.15, 0.2) is 13.5 Å². The maximum atomic E-state index is 9.79. The molecule has 0 amide bonds. The van der Waals surface area contributed by atoms with Crippen molar-refractivity contribution < 1.29 is 14.7 Å². The van der Waals surface area contributed by atoms with E-state index in [2.05, 4.69) is 19.1 Å². The van der Waals surface area contributed by atoms with Gasteiger partial charge in [-0.25, -0.2) is 0 Å². The van der Waals surface area contributed by atoms with Crippen molar-refractivity contribution in [2.45, 2.75) is 77.7 Å². The molecule has 0 spiro atoms. The third-order valence-electron chi connectivity index (χ3n) is 4.95. The maximum Gasteiger partial charge on any atom is 0.182 e. The first-order valence-corrected chi connectivity index (χ1v) is 9.87. The normalized spacial score (nSPS) is 11.8. The fourth-order valence-corrected chi connectivity index (χ4v) is 3.27. The van der Waals surface area contributed by atoms with Crippen LogP contribution in [-0.4, -0.2) is 34.7 Å². The van der Waals surface area contributed by atoms with Gasteiger partial charge in [0.05, 0.1) is 6.54 Å². The molecule has 0 heterocycles. The van der Waals surface area contributed by atoms with Crippen LogP contribution in [0.2, 0.25) is 0 Å². The predicted octanol–water partition coefficient (Wildman–Crippen LogP) is 4.82. The molecule has 1 aromatic rings. The summed E-state index contributed by atoms with van der Waals surface area (Å²) in [5.41, 5.74) is 1.17. The molecule has 0 bridgehead atoms. The summed E-state index contributed by atoms with van der Waals surface area (Å²) in [6.45, 7) is 3.81. The highest BCUT2D eigenvalue weighted by atomic mass is 16.3. The molecule has 0 aliphatic rings. The Labute approximate surface area is 148 Å². The van der Waals surface area contributed by atoms with Gasteiger partial charge in [-0.3, -0.25) is 4.48 Å². The van der Waals surface area contributed by atoms with Crippen LogP contribution in [0.4, 0.5) is 0 Å². The second kappa shape index (κ2) is 13.4. The average molecular weight is 337 g/mol. The molecule has 0 fully saturated rings. The number of aliphatic hydroxyl groups excluding tert-OH is 2. The van der Waals surface area contributed by atoms with Crippen molar-refractivity contribution >= 4 is 0 Å². The fourth-order valence-electron chi connectivity index (χ4n) is 3.27. The molecule has 3 nitrogen and oxygen atoms in total. The van der Waals surface area contributed by atoms with E-state index in [-0.39, 0.29) is 13.5 Å². The molecule has 0 saturated heterocycles. The topological polar surface area (TPSA) is 40.5 Å². The van der Waals surface area contributed by atoms with Crippen molar-refractivity contribution in [3.63, 3.8) is 0 Å². The minimum atomic E-state index is 0.00280. The van der Waals surface area contributed by atoms with Gasteiger partial charge in [-0.05, 0) is 12.8 Å². The molecular formula is C21H38NO2+. The largest absolute Gasteiger partial charge is 0.347 e. The first kappa shape index (κ1) is 21.1. The van der Waals surface area contributed by atoms with Crippen LogP contribution in [0.25, 0.3) is 0 Å². The third-order valence-corrected chi connectivity index (χ3v) is 4.95. The van der Waals surface area contributed by atoms with Gasteiger partial charge in [-0.2, -0.15) is 0 Å². The van der Waals surface area contributed by atoms with Crippen LogP contribution >= 0.6 is 0 Å². The van der Waals surface area contributed by atoms with Crippen LogP contribution < -0.4 is 0 Å². The quantitative estimate of drug-likeness (QED) is 0.274. The van der Waals surface area contributed by atoms with E-state index >= 15 is 0 Å². The molecular weight excluding hydrogens is 298 g/mol. The van der Waals surface area contributed by atoms with Crippen LogP contribution in [0.5, 0.6) is 0 Å². The zero-order chi connectivity index (χ0) is 17.5. The summed E-state index contributed by atoms with van der Waals surface area (Å²) in [5, 5.41) is 19.6. The van der Waals surface area contributed by atoms with Crippen LogP contribution in [0, 0.1) is 0 Å². The van der Waals surface area contributed by atoms with Crippen molar-refractivity contribution in [1.82, 2.24) is 0 Å². The highest BCUT2D eigenvalue weighted by molar-refractivity contribution is 5.13. The summed E-state index contributed by atoms with van der Waals surface area (Å²) >= 11 is 0. The lowest BCUT2D eigenvalue weighted by Gasteiger charge is -2.34. The van der Waals surface area contributed by atoms with Gasteiger partial charge in [-0.1, -0.05) is 88.6 Å². The van der Waals surface area contributed by atoms with Crippen LogP contribution in [0.1, 0.15) is 76.7 Å². The Kier molecular flexibility index (Phi) is 11.8. The number of rotatable bonds is 15. The highest BCUT2D eigenvalue weighted by Gasteiger charge is 2.25. The minimum Gasteiger partial charge on any atom is -0.347 e. The average Bonchev–Trinajstić information content (AvgIpc) is 2.63. The molecule has 138 valence electrons. The van der Waals surface area contributed by atoms with Crippen molar-refractivity contribution in [3.05, 3.63) is 35.9 Å². The standard InChI is InChI=1S/C21H38NO2/c1-2-3-4-5-6-7-8-9-10-14-17-22(19-23,20-24)18-21-15-12-11-13-16-21/h11-13,15-16,23-24H,2-10,14,17-20H2,1H3/q+1. The van der Waals surface area contributed by atoms with Crippen LogP contribution in [0.3, 0.4) is 0 Å². The van der Waals surface area contributed by atoms with Crippen LogP contribution in [0.15, 0.2) is 30.3 Å². The molecule has 0 aromatic heterocycles. The summed E-state index contributed by atoms with van der Waals surface area (Å²) in [4.78, 5) is 0. The molecule has 0 radical (unpaired) electrons. The first-order valence-electron chi connectivity index (χ1n) is 9.87. The molecule has 3 heteroatoms. The van der Waals surface area contributed by atoms with E-state index in [1.54, 1.807) is 0 Å². The fraction of sp³-hybridized carbons (Fsp3) is 0.714. The van der Waals surface area contributed by atoms with Gasteiger partial charge >= 0.3 is 0 Å². The maximum absolute atomic E-state index is 9.79. The number of nitrogens with zero attached hydrogens (tertiary/aromatic N) is 1. The molecule has 2 N–H and O–H groups in total. The molecule has 0 atom stereocenters. The van der Waals surface area contributed by atoms with Gasteiger partial charge in [0.2, 0.25) is 0 Å². The summed E-state index contributed by atoms with van der Waals surface area (Å²) in [5.74, 6) is 0. The summed E-state index contributed by atoms with van der Waals surface area (Å²) < 4.78 is 0.362. The van der Waals surface area contributed by atoms with Gasteiger partial charge in [0, 0.05) is 5.56 Å². The van der Waals surface area contributed by atoms with E-state index in [0.717, 1.165) is 13.0 Å². The molecule has 1 rings (SSSR count). The third kappa shape index (κ3) is 8.81. The Bertz CT molecular complexity index is 390. The predicted molar refractivity (Wildman–Crippen MR) is 101 cm³/mol. The van der Waals surface area contributed by atoms with Gasteiger partial charge in [0.1, 0.15) is 6.54 Å².